The predicted octanol–water partition coefficient (Wildman–Crippen LogP) is 9.42. The van der Waals surface area contributed by atoms with Crippen LogP contribution in [-0.2, 0) is 0 Å². The maximum Gasteiger partial charge on any atom is 0.233 e. The number of nitrogens with one attached hydrogen (secondary N) is 5. The molecule has 2 aromatic carbocycles. The van der Waals surface area contributed by atoms with Crippen LogP contribution in [0.1, 0.15) is 103 Å². The minimum absolute atomic E-state index is 0.0857. The van der Waals surface area contributed by atoms with E-state index in [1.807, 2.05) is 0 Å². The zero-order valence-electron chi connectivity index (χ0n) is 34.3. The van der Waals surface area contributed by atoms with Crippen molar-refractivity contribution >= 4 is 52.7 Å². The SMILES string of the molecule is C1CCNC1.COc1ccc(Nc2nc(Cl)nc(NC3CCCCCC3)n2)cc1F.COc1ccc(Nc2nc(NC3CCCCCC3)nc(N3CCCC3)n2)cc1F. The number of ether oxygens (including phenoxy) is 2. The van der Waals surface area contributed by atoms with E-state index < -0.39 is 11.6 Å². The summed E-state index contributed by atoms with van der Waals surface area (Å²) in [6, 6.07) is 9.98. The van der Waals surface area contributed by atoms with Gasteiger partial charge in [-0.1, -0.05) is 51.4 Å². The molecular weight excluding hydrogens is 778 g/mol. The Kier molecular flexibility index (Phi) is 17.1. The van der Waals surface area contributed by atoms with Crippen molar-refractivity contribution in [3.05, 3.63) is 53.3 Å². The number of hydrogen-bond acceptors (Lipinski definition) is 14. The Bertz CT molecular complexity index is 1880. The number of benzene rings is 2. The minimum Gasteiger partial charge on any atom is -0.494 e. The third-order valence-corrected chi connectivity index (χ3v) is 10.9. The molecule has 2 aromatic heterocycles. The topological polar surface area (TPSA) is 159 Å². The van der Waals surface area contributed by atoms with Gasteiger partial charge < -0.3 is 41.0 Å². The third kappa shape index (κ3) is 14.2. The Morgan fingerprint density at radius 2 is 1.02 bits per heavy atom. The summed E-state index contributed by atoms with van der Waals surface area (Å²) in [5.74, 6) is 1.87. The maximum absolute atomic E-state index is 14.1. The molecule has 4 aromatic rings. The molecule has 8 rings (SSSR count). The van der Waals surface area contributed by atoms with E-state index in [-0.39, 0.29) is 22.7 Å². The molecule has 0 unspecified atom stereocenters. The third-order valence-electron chi connectivity index (χ3n) is 10.8. The average Bonchev–Trinajstić information content (AvgIpc) is 3.89. The van der Waals surface area contributed by atoms with Gasteiger partial charge in [-0.15, -0.1) is 0 Å². The molecule has 2 saturated carbocycles. The molecule has 59 heavy (non-hydrogen) atoms. The van der Waals surface area contributed by atoms with Crippen LogP contribution in [0.3, 0.4) is 0 Å². The van der Waals surface area contributed by atoms with Gasteiger partial charge in [-0.05, 0) is 100 Å². The van der Waals surface area contributed by atoms with Crippen LogP contribution >= 0.6 is 11.6 Å². The van der Waals surface area contributed by atoms with Crippen molar-refractivity contribution in [1.82, 2.24) is 35.2 Å². The van der Waals surface area contributed by atoms with Gasteiger partial charge in [0.15, 0.2) is 23.1 Å². The van der Waals surface area contributed by atoms with E-state index in [2.05, 4.69) is 61.4 Å². The summed E-state index contributed by atoms with van der Waals surface area (Å²) in [6.45, 7) is 4.40. The van der Waals surface area contributed by atoms with Gasteiger partial charge >= 0.3 is 0 Å². The highest BCUT2D eigenvalue weighted by Crippen LogP contribution is 2.27. The quantitative estimate of drug-likeness (QED) is 0.0910. The highest BCUT2D eigenvalue weighted by Gasteiger charge is 2.20. The first-order valence-corrected chi connectivity index (χ1v) is 21.6. The van der Waals surface area contributed by atoms with Crippen LogP contribution in [0.2, 0.25) is 5.28 Å². The van der Waals surface area contributed by atoms with Crippen molar-refractivity contribution in [2.24, 2.45) is 0 Å². The Hall–Kier alpha value is -4.83. The van der Waals surface area contributed by atoms with Crippen LogP contribution in [0, 0.1) is 11.6 Å². The van der Waals surface area contributed by atoms with E-state index >= 15 is 0 Å². The average molecular weight is 837 g/mol. The van der Waals surface area contributed by atoms with Gasteiger partial charge in [0.1, 0.15) is 0 Å². The molecule has 2 saturated heterocycles. The fraction of sp³-hybridized carbons (Fsp3) is 0.571. The zero-order valence-corrected chi connectivity index (χ0v) is 35.1. The molecule has 4 heterocycles. The van der Waals surface area contributed by atoms with E-state index in [1.165, 1.54) is 110 Å². The number of nitrogens with zero attached hydrogens (tertiary/aromatic N) is 7. The Morgan fingerprint density at radius 3 is 1.46 bits per heavy atom. The van der Waals surface area contributed by atoms with E-state index in [9.17, 15) is 8.78 Å². The lowest BCUT2D eigenvalue weighted by molar-refractivity contribution is 0.386. The summed E-state index contributed by atoms with van der Waals surface area (Å²) >= 11 is 6.01. The summed E-state index contributed by atoms with van der Waals surface area (Å²) in [7, 11) is 2.87. The molecular formula is C42H59ClF2N12O2. The van der Waals surface area contributed by atoms with Gasteiger partial charge in [-0.3, -0.25) is 0 Å². The standard InChI is InChI=1S/C21H29FN6O.C17H21ClFN5O.C4H9N/c1-29-18-11-10-16(14-17(18)22)24-20-25-19(23-15-8-4-2-3-5-9-15)26-21(27-20)28-12-6-7-13-28;1-25-14-9-8-12(10-13(14)19)21-17-23-15(18)22-16(24-17)20-11-6-4-2-3-5-7-11;1-2-4-5-3-1/h10-11,14-15H,2-9,12-13H2,1H3,(H2,23,24,25,26,27);8-11H,2-7H2,1H3,(H2,20,21,22,23,24);5H,1-4H2. The maximum atomic E-state index is 14.1. The molecule has 320 valence electrons. The molecule has 4 fully saturated rings. The van der Waals surface area contributed by atoms with E-state index in [1.54, 1.807) is 18.2 Å². The molecule has 2 aliphatic heterocycles. The first kappa shape index (κ1) is 43.7. The summed E-state index contributed by atoms with van der Waals surface area (Å²) < 4.78 is 37.8. The van der Waals surface area contributed by atoms with Crippen molar-refractivity contribution in [3.63, 3.8) is 0 Å². The molecule has 14 nitrogen and oxygen atoms in total. The fourth-order valence-corrected chi connectivity index (χ4v) is 7.76. The van der Waals surface area contributed by atoms with Gasteiger partial charge in [0.2, 0.25) is 35.0 Å². The highest BCUT2D eigenvalue weighted by atomic mass is 35.5. The Labute approximate surface area is 351 Å². The zero-order chi connectivity index (χ0) is 41.2. The number of hydrogen-bond donors (Lipinski definition) is 5. The second-order valence-corrected chi connectivity index (χ2v) is 15.6. The van der Waals surface area contributed by atoms with Crippen molar-refractivity contribution in [3.8, 4) is 11.5 Å². The minimum atomic E-state index is -0.468. The van der Waals surface area contributed by atoms with Crippen LogP contribution < -0.4 is 41.0 Å². The molecule has 0 amide bonds. The lowest BCUT2D eigenvalue weighted by atomic mass is 10.1. The van der Waals surface area contributed by atoms with Crippen LogP contribution in [0.25, 0.3) is 0 Å². The van der Waals surface area contributed by atoms with Gasteiger partial charge in [0.25, 0.3) is 0 Å². The smallest absolute Gasteiger partial charge is 0.233 e. The number of halogens is 3. The summed E-state index contributed by atoms with van der Waals surface area (Å²) in [5, 5.41) is 16.2. The monoisotopic (exact) mass is 836 g/mol. The van der Waals surface area contributed by atoms with Gasteiger partial charge in [0.05, 0.1) is 14.2 Å². The van der Waals surface area contributed by atoms with Gasteiger partial charge in [-0.25, -0.2) is 8.78 Å². The first-order valence-electron chi connectivity index (χ1n) is 21.2. The molecule has 0 atom stereocenters. The molecule has 0 spiro atoms. The van der Waals surface area contributed by atoms with Crippen LogP contribution in [0.5, 0.6) is 11.5 Å². The molecule has 4 aliphatic rings. The first-order chi connectivity index (χ1) is 28.8. The number of rotatable bonds is 11. The predicted molar refractivity (Wildman–Crippen MR) is 231 cm³/mol. The fourth-order valence-electron chi connectivity index (χ4n) is 7.60. The lowest BCUT2D eigenvalue weighted by Gasteiger charge is -2.20. The van der Waals surface area contributed by atoms with Crippen LogP contribution in [0.4, 0.5) is 49.9 Å². The van der Waals surface area contributed by atoms with E-state index in [4.69, 9.17) is 21.1 Å². The normalized spacial score (nSPS) is 17.3. The number of anilines is 7. The summed E-state index contributed by atoms with van der Waals surface area (Å²) in [5.41, 5.74) is 1.07. The second kappa shape index (κ2) is 23.1. The molecule has 17 heteroatoms. The largest absolute Gasteiger partial charge is 0.494 e. The highest BCUT2D eigenvalue weighted by molar-refractivity contribution is 6.28. The summed E-state index contributed by atoms with van der Waals surface area (Å²) in [4.78, 5) is 28.6. The van der Waals surface area contributed by atoms with E-state index in [0.717, 1.165) is 51.6 Å². The van der Waals surface area contributed by atoms with Crippen molar-refractivity contribution in [1.29, 1.82) is 0 Å². The Morgan fingerprint density at radius 1 is 0.576 bits per heavy atom. The van der Waals surface area contributed by atoms with Gasteiger partial charge in [-0.2, -0.15) is 29.9 Å². The molecule has 5 N–H and O–H groups in total. The van der Waals surface area contributed by atoms with Crippen molar-refractivity contribution in [2.45, 2.75) is 115 Å². The number of methoxy groups -OCH3 is 2. The van der Waals surface area contributed by atoms with Crippen molar-refractivity contribution in [2.75, 3.05) is 66.6 Å². The molecule has 2 aliphatic carbocycles. The second-order valence-electron chi connectivity index (χ2n) is 15.3. The summed E-state index contributed by atoms with van der Waals surface area (Å²) in [6.07, 6.45) is 19.5. The van der Waals surface area contributed by atoms with Gasteiger partial charge in [0, 0.05) is 48.7 Å². The molecule has 0 radical (unpaired) electrons. The Balaban J connectivity index is 0.000000179. The number of aromatic nitrogens is 6. The van der Waals surface area contributed by atoms with E-state index in [0.29, 0.717) is 47.3 Å². The van der Waals surface area contributed by atoms with Crippen LogP contribution in [0.15, 0.2) is 36.4 Å². The van der Waals surface area contributed by atoms with Crippen LogP contribution in [-0.4, -0.2) is 82.4 Å². The lowest BCUT2D eigenvalue weighted by Crippen LogP contribution is -2.24. The van der Waals surface area contributed by atoms with Crippen molar-refractivity contribution < 1.29 is 18.3 Å². The molecule has 0 bridgehead atoms.